The lowest BCUT2D eigenvalue weighted by molar-refractivity contribution is -0.131. The Morgan fingerprint density at radius 3 is 2.77 bits per heavy atom. The second kappa shape index (κ2) is 12.2. The number of pyridine rings is 1. The SMILES string of the molecule is [C-]#[N+]C[C@H]1CN(c2nc(OC[C@@H]3C[C@@H](F)CN3C)nc3cc(-c4cncc5c4CCCC5)ccc23)CCN1C(=O)C(=C)F. The van der Waals surface area contributed by atoms with Crippen LogP contribution in [0.15, 0.2) is 43.0 Å². The van der Waals surface area contributed by atoms with Gasteiger partial charge in [-0.15, -0.1) is 0 Å². The van der Waals surface area contributed by atoms with E-state index < -0.39 is 23.9 Å². The van der Waals surface area contributed by atoms with E-state index in [4.69, 9.17) is 21.3 Å². The van der Waals surface area contributed by atoms with Crippen molar-refractivity contribution in [3.8, 4) is 17.1 Å². The fourth-order valence-corrected chi connectivity index (χ4v) is 6.58. The summed E-state index contributed by atoms with van der Waals surface area (Å²) in [5.74, 6) is -1.21. The number of aryl methyl sites for hydroxylation is 1. The van der Waals surface area contributed by atoms with Gasteiger partial charge in [0.05, 0.1) is 5.52 Å². The van der Waals surface area contributed by atoms with Gasteiger partial charge in [0.15, 0.2) is 5.83 Å². The minimum Gasteiger partial charge on any atom is -0.462 e. The number of halogens is 2. The highest BCUT2D eigenvalue weighted by Crippen LogP contribution is 2.35. The van der Waals surface area contributed by atoms with Crippen LogP contribution >= 0.6 is 0 Å². The number of amides is 1. The molecule has 2 aliphatic heterocycles. The largest absolute Gasteiger partial charge is 0.462 e. The number of likely N-dealkylation sites (tertiary alicyclic amines) is 1. The molecule has 4 heterocycles. The molecule has 1 aliphatic carbocycles. The van der Waals surface area contributed by atoms with E-state index in [-0.39, 0.29) is 31.7 Å². The van der Waals surface area contributed by atoms with Crippen LogP contribution in [0.5, 0.6) is 6.01 Å². The fourth-order valence-electron chi connectivity index (χ4n) is 6.58. The molecule has 0 saturated carbocycles. The Kier molecular flexibility index (Phi) is 8.21. The molecule has 1 aromatic carbocycles. The minimum absolute atomic E-state index is 0.0244. The molecule has 0 spiro atoms. The summed E-state index contributed by atoms with van der Waals surface area (Å²) in [6.45, 7) is 12.1. The molecule has 3 aromatic rings. The zero-order valence-electron chi connectivity index (χ0n) is 24.3. The number of fused-ring (bicyclic) bond motifs is 2. The van der Waals surface area contributed by atoms with Gasteiger partial charge in [-0.25, -0.2) is 15.4 Å². The smallest absolute Gasteiger partial charge is 0.319 e. The molecule has 1 amide bonds. The van der Waals surface area contributed by atoms with E-state index in [2.05, 4.69) is 22.5 Å². The summed E-state index contributed by atoms with van der Waals surface area (Å²) < 4.78 is 33.9. The molecule has 11 heteroatoms. The number of rotatable bonds is 7. The van der Waals surface area contributed by atoms with Crippen molar-refractivity contribution in [2.75, 3.05) is 51.3 Å². The van der Waals surface area contributed by atoms with Gasteiger partial charge in [-0.3, -0.25) is 14.7 Å². The van der Waals surface area contributed by atoms with Crippen molar-refractivity contribution in [2.45, 2.75) is 50.4 Å². The topological polar surface area (TPSA) is 79.1 Å². The lowest BCUT2D eigenvalue weighted by atomic mass is 9.87. The van der Waals surface area contributed by atoms with Gasteiger partial charge in [0, 0.05) is 55.6 Å². The Morgan fingerprint density at radius 1 is 1.16 bits per heavy atom. The number of hydrogen-bond donors (Lipinski definition) is 0. The first kappa shape index (κ1) is 28.9. The standard InChI is InChI=1S/C32H35F2N7O2/c1-20(33)31(42)41-11-10-40(18-25(41)15-35-2)30-27-9-8-21(28-16-36-14-22-6-4-5-7-26(22)28)12-29(27)37-32(38-30)43-19-24-13-23(34)17-39(24)3/h8-9,12,14,16,23-25H,1,4-7,10-11,13,15,17-19H2,3H3/t23-,24+,25+/m1/s1. The van der Waals surface area contributed by atoms with E-state index in [9.17, 15) is 13.6 Å². The molecular formula is C32H35F2N7O2. The van der Waals surface area contributed by atoms with Crippen LogP contribution in [-0.4, -0.2) is 95.3 Å². The molecule has 6 rings (SSSR count). The molecular weight excluding hydrogens is 552 g/mol. The van der Waals surface area contributed by atoms with E-state index in [0.29, 0.717) is 37.4 Å². The zero-order chi connectivity index (χ0) is 30.1. The number of carbonyl (C=O) groups excluding carboxylic acids is 1. The Hall–Kier alpha value is -4.17. The lowest BCUT2D eigenvalue weighted by Gasteiger charge is -2.39. The third-order valence-electron chi connectivity index (χ3n) is 8.86. The van der Waals surface area contributed by atoms with Gasteiger partial charge in [0.25, 0.3) is 5.91 Å². The molecule has 3 atom stereocenters. The summed E-state index contributed by atoms with van der Waals surface area (Å²) in [7, 11) is 1.88. The third kappa shape index (κ3) is 5.89. The number of ether oxygens (including phenoxy) is 1. The lowest BCUT2D eigenvalue weighted by Crippen LogP contribution is -2.56. The molecule has 0 radical (unpaired) electrons. The predicted molar refractivity (Wildman–Crippen MR) is 160 cm³/mol. The fraction of sp³-hybridized carbons (Fsp3) is 0.469. The van der Waals surface area contributed by atoms with Crippen LogP contribution in [0.2, 0.25) is 0 Å². The molecule has 2 aromatic heterocycles. The Bertz CT molecular complexity index is 1590. The Labute approximate surface area is 250 Å². The van der Waals surface area contributed by atoms with Gasteiger partial charge in [0.1, 0.15) is 24.6 Å². The molecule has 0 N–H and O–H groups in total. The maximum atomic E-state index is 14.0. The average molecular weight is 588 g/mol. The summed E-state index contributed by atoms with van der Waals surface area (Å²) in [5.41, 5.74) is 5.41. The van der Waals surface area contributed by atoms with E-state index in [0.717, 1.165) is 35.8 Å². The van der Waals surface area contributed by atoms with Crippen LogP contribution in [0, 0.1) is 6.57 Å². The van der Waals surface area contributed by atoms with Gasteiger partial charge in [-0.2, -0.15) is 9.97 Å². The molecule has 9 nitrogen and oxygen atoms in total. The molecule has 3 aliphatic rings. The van der Waals surface area contributed by atoms with Crippen molar-refractivity contribution in [2.24, 2.45) is 0 Å². The van der Waals surface area contributed by atoms with Gasteiger partial charge in [-0.05, 0) is 68.0 Å². The first-order valence-corrected chi connectivity index (χ1v) is 14.8. The summed E-state index contributed by atoms with van der Waals surface area (Å²) in [5, 5.41) is 0.798. The molecule has 0 bridgehead atoms. The quantitative estimate of drug-likeness (QED) is 0.299. The predicted octanol–water partition coefficient (Wildman–Crippen LogP) is 4.41. The van der Waals surface area contributed by atoms with Crippen LogP contribution in [-0.2, 0) is 17.6 Å². The number of carbonyl (C=O) groups is 1. The molecule has 43 heavy (non-hydrogen) atoms. The Balaban J connectivity index is 1.38. The highest BCUT2D eigenvalue weighted by atomic mass is 19.1. The first-order chi connectivity index (χ1) is 20.8. The number of hydrogen-bond acceptors (Lipinski definition) is 7. The Morgan fingerprint density at radius 2 is 2.00 bits per heavy atom. The highest BCUT2D eigenvalue weighted by Gasteiger charge is 2.35. The molecule has 0 unspecified atom stereocenters. The normalized spacial score (nSPS) is 22.3. The van der Waals surface area contributed by atoms with E-state index in [1.54, 1.807) is 0 Å². The number of piperazine rings is 1. The van der Waals surface area contributed by atoms with Crippen molar-refractivity contribution in [3.05, 3.63) is 65.5 Å². The van der Waals surface area contributed by atoms with Gasteiger partial charge in [0.2, 0.25) is 6.54 Å². The highest BCUT2D eigenvalue weighted by molar-refractivity contribution is 5.94. The van der Waals surface area contributed by atoms with Crippen molar-refractivity contribution in [1.29, 1.82) is 0 Å². The van der Waals surface area contributed by atoms with E-state index in [1.807, 2.05) is 41.4 Å². The summed E-state index contributed by atoms with van der Waals surface area (Å²) in [6, 6.07) is 5.64. The molecule has 224 valence electrons. The second-order valence-electron chi connectivity index (χ2n) is 11.7. The number of alkyl halides is 1. The van der Waals surface area contributed by atoms with Crippen molar-refractivity contribution in [3.63, 3.8) is 0 Å². The van der Waals surface area contributed by atoms with Crippen LogP contribution in [0.1, 0.15) is 30.4 Å². The number of nitrogens with zero attached hydrogens (tertiary/aromatic N) is 7. The number of likely N-dealkylation sites (N-methyl/N-ethyl adjacent to an activating group) is 1. The van der Waals surface area contributed by atoms with Crippen LogP contribution < -0.4 is 9.64 Å². The van der Waals surface area contributed by atoms with Gasteiger partial charge < -0.3 is 19.4 Å². The zero-order valence-corrected chi connectivity index (χ0v) is 24.3. The van der Waals surface area contributed by atoms with E-state index in [1.165, 1.54) is 22.4 Å². The number of anilines is 1. The van der Waals surface area contributed by atoms with Crippen molar-refractivity contribution in [1.82, 2.24) is 24.8 Å². The second-order valence-corrected chi connectivity index (χ2v) is 11.7. The number of aromatic nitrogens is 3. The maximum Gasteiger partial charge on any atom is 0.319 e. The maximum absolute atomic E-state index is 14.0. The van der Waals surface area contributed by atoms with Gasteiger partial charge in [-0.1, -0.05) is 12.6 Å². The summed E-state index contributed by atoms with van der Waals surface area (Å²) in [4.78, 5) is 35.4. The van der Waals surface area contributed by atoms with Crippen LogP contribution in [0.25, 0.3) is 26.9 Å². The molecule has 2 fully saturated rings. The molecule has 2 saturated heterocycles. The monoisotopic (exact) mass is 587 g/mol. The summed E-state index contributed by atoms with van der Waals surface area (Å²) in [6.07, 6.45) is 7.73. The van der Waals surface area contributed by atoms with E-state index >= 15 is 0 Å². The van der Waals surface area contributed by atoms with Crippen molar-refractivity contribution < 1.29 is 18.3 Å². The average Bonchev–Trinajstić information content (AvgIpc) is 3.34. The van der Waals surface area contributed by atoms with Crippen LogP contribution in [0.4, 0.5) is 14.6 Å². The third-order valence-corrected chi connectivity index (χ3v) is 8.86. The summed E-state index contributed by atoms with van der Waals surface area (Å²) >= 11 is 0. The van der Waals surface area contributed by atoms with Crippen LogP contribution in [0.3, 0.4) is 0 Å². The van der Waals surface area contributed by atoms with Gasteiger partial charge >= 0.3 is 6.01 Å². The minimum atomic E-state index is -1.04. The first-order valence-electron chi connectivity index (χ1n) is 14.8. The van der Waals surface area contributed by atoms with Crippen molar-refractivity contribution >= 4 is 22.6 Å². The number of benzene rings is 1.